The van der Waals surface area contributed by atoms with Gasteiger partial charge in [-0.15, -0.1) is 0 Å². The number of fused-ring (bicyclic) bond motifs is 1. The molecule has 3 rings (SSSR count). The number of hydrogen-bond donors (Lipinski definition) is 1. The third-order valence-electron chi connectivity index (χ3n) is 4.24. The number of benzene rings is 2. The van der Waals surface area contributed by atoms with Gasteiger partial charge in [-0.3, -0.25) is 4.79 Å². The Labute approximate surface area is 158 Å². The normalized spacial score (nSPS) is 12.3. The third kappa shape index (κ3) is 4.19. The fourth-order valence-corrected chi connectivity index (χ4v) is 2.86. The molecule has 2 aromatic rings. The van der Waals surface area contributed by atoms with Crippen molar-refractivity contribution in [3.05, 3.63) is 41.5 Å². The van der Waals surface area contributed by atoms with Crippen LogP contribution in [0.5, 0.6) is 28.7 Å². The van der Waals surface area contributed by atoms with Crippen molar-refractivity contribution in [1.82, 2.24) is 5.32 Å². The number of amides is 1. The first-order chi connectivity index (χ1) is 13.2. The smallest absolute Gasteiger partial charge is 0.251 e. The minimum absolute atomic E-state index is 0.203. The summed E-state index contributed by atoms with van der Waals surface area (Å²) in [5, 5.41) is 2.91. The SMILES string of the molecule is COc1ccc(CCNC(=O)c2cc(OC)c3c(c2)OCCO3)cc1OC. The molecule has 0 aliphatic carbocycles. The van der Waals surface area contributed by atoms with Crippen LogP contribution in [0.3, 0.4) is 0 Å². The fraction of sp³-hybridized carbons (Fsp3) is 0.350. The Hall–Kier alpha value is -3.09. The lowest BCUT2D eigenvalue weighted by molar-refractivity contribution is 0.0952. The molecule has 0 bridgehead atoms. The van der Waals surface area contributed by atoms with Crippen molar-refractivity contribution >= 4 is 5.91 Å². The van der Waals surface area contributed by atoms with Crippen LogP contribution in [-0.2, 0) is 6.42 Å². The van der Waals surface area contributed by atoms with Gasteiger partial charge in [0.1, 0.15) is 13.2 Å². The van der Waals surface area contributed by atoms with Gasteiger partial charge in [-0.2, -0.15) is 0 Å². The molecule has 0 saturated heterocycles. The summed E-state index contributed by atoms with van der Waals surface area (Å²) in [6, 6.07) is 9.02. The predicted octanol–water partition coefficient (Wildman–Crippen LogP) is 2.46. The number of hydrogen-bond acceptors (Lipinski definition) is 6. The van der Waals surface area contributed by atoms with Crippen LogP contribution in [0.25, 0.3) is 0 Å². The second-order valence-corrected chi connectivity index (χ2v) is 5.90. The van der Waals surface area contributed by atoms with Crippen LogP contribution in [0.2, 0.25) is 0 Å². The zero-order chi connectivity index (χ0) is 19.2. The van der Waals surface area contributed by atoms with Gasteiger partial charge in [-0.05, 0) is 36.2 Å². The Balaban J connectivity index is 1.64. The van der Waals surface area contributed by atoms with Crippen molar-refractivity contribution in [3.63, 3.8) is 0 Å². The van der Waals surface area contributed by atoms with Gasteiger partial charge < -0.3 is 29.0 Å². The van der Waals surface area contributed by atoms with Gasteiger partial charge in [0.05, 0.1) is 21.3 Å². The van der Waals surface area contributed by atoms with E-state index in [1.165, 1.54) is 7.11 Å². The van der Waals surface area contributed by atoms with Gasteiger partial charge >= 0.3 is 0 Å². The summed E-state index contributed by atoms with van der Waals surface area (Å²) >= 11 is 0. The maximum atomic E-state index is 12.5. The Morgan fingerprint density at radius 3 is 2.44 bits per heavy atom. The molecular formula is C20H23NO6. The first-order valence-electron chi connectivity index (χ1n) is 8.63. The average molecular weight is 373 g/mol. The van der Waals surface area contributed by atoms with E-state index in [1.807, 2.05) is 18.2 Å². The molecule has 1 aliphatic heterocycles. The van der Waals surface area contributed by atoms with Gasteiger partial charge in [0.15, 0.2) is 23.0 Å². The number of ether oxygens (including phenoxy) is 5. The largest absolute Gasteiger partial charge is 0.493 e. The summed E-state index contributed by atoms with van der Waals surface area (Å²) < 4.78 is 27.0. The van der Waals surface area contributed by atoms with Crippen LogP contribution < -0.4 is 29.0 Å². The minimum Gasteiger partial charge on any atom is -0.493 e. The van der Waals surface area contributed by atoms with E-state index in [1.54, 1.807) is 26.4 Å². The average Bonchev–Trinajstić information content (AvgIpc) is 2.72. The van der Waals surface area contributed by atoms with Gasteiger partial charge in [0.2, 0.25) is 5.75 Å². The lowest BCUT2D eigenvalue weighted by Crippen LogP contribution is -2.26. The van der Waals surface area contributed by atoms with Crippen molar-refractivity contribution in [2.24, 2.45) is 0 Å². The quantitative estimate of drug-likeness (QED) is 0.804. The fourth-order valence-electron chi connectivity index (χ4n) is 2.86. The molecule has 144 valence electrons. The van der Waals surface area contributed by atoms with Gasteiger partial charge in [0.25, 0.3) is 5.91 Å². The number of rotatable bonds is 7. The third-order valence-corrected chi connectivity index (χ3v) is 4.24. The topological polar surface area (TPSA) is 75.3 Å². The first kappa shape index (κ1) is 18.7. The van der Waals surface area contributed by atoms with Crippen molar-refractivity contribution in [2.45, 2.75) is 6.42 Å². The molecule has 0 aromatic heterocycles. The summed E-state index contributed by atoms with van der Waals surface area (Å²) in [6.07, 6.45) is 0.660. The molecule has 1 aliphatic rings. The highest BCUT2D eigenvalue weighted by molar-refractivity contribution is 5.95. The minimum atomic E-state index is -0.203. The molecule has 0 fully saturated rings. The maximum Gasteiger partial charge on any atom is 0.251 e. The highest BCUT2D eigenvalue weighted by Gasteiger charge is 2.20. The predicted molar refractivity (Wildman–Crippen MR) is 99.6 cm³/mol. The van der Waals surface area contributed by atoms with E-state index in [2.05, 4.69) is 5.32 Å². The summed E-state index contributed by atoms with van der Waals surface area (Å²) in [7, 11) is 4.73. The van der Waals surface area contributed by atoms with Crippen LogP contribution in [-0.4, -0.2) is 47.0 Å². The molecule has 7 nitrogen and oxygen atoms in total. The Morgan fingerprint density at radius 2 is 1.70 bits per heavy atom. The maximum absolute atomic E-state index is 12.5. The van der Waals surface area contributed by atoms with E-state index < -0.39 is 0 Å². The van der Waals surface area contributed by atoms with Crippen molar-refractivity contribution in [1.29, 1.82) is 0 Å². The van der Waals surface area contributed by atoms with Gasteiger partial charge in [0, 0.05) is 12.1 Å². The Morgan fingerprint density at radius 1 is 0.963 bits per heavy atom. The lowest BCUT2D eigenvalue weighted by atomic mass is 10.1. The summed E-state index contributed by atoms with van der Waals surface area (Å²) in [5.74, 6) is 2.67. The van der Waals surface area contributed by atoms with E-state index in [4.69, 9.17) is 23.7 Å². The molecule has 0 unspecified atom stereocenters. The standard InChI is InChI=1S/C20H23NO6/c1-23-15-5-4-13(10-16(15)24-2)6-7-21-20(22)14-11-17(25-3)19-18(12-14)26-8-9-27-19/h4-5,10-12H,6-9H2,1-3H3,(H,21,22). The second-order valence-electron chi connectivity index (χ2n) is 5.90. The first-order valence-corrected chi connectivity index (χ1v) is 8.63. The molecule has 0 spiro atoms. The number of methoxy groups -OCH3 is 3. The number of carbonyl (C=O) groups excluding carboxylic acids is 1. The van der Waals surface area contributed by atoms with Crippen molar-refractivity contribution in [3.8, 4) is 28.7 Å². The van der Waals surface area contributed by atoms with E-state index in [0.29, 0.717) is 60.5 Å². The van der Waals surface area contributed by atoms with Crippen molar-refractivity contribution in [2.75, 3.05) is 41.1 Å². The zero-order valence-electron chi connectivity index (χ0n) is 15.7. The van der Waals surface area contributed by atoms with Crippen LogP contribution in [0.15, 0.2) is 30.3 Å². The molecule has 27 heavy (non-hydrogen) atoms. The Kier molecular flexibility index (Phi) is 5.90. The summed E-state index contributed by atoms with van der Waals surface area (Å²) in [4.78, 5) is 12.5. The highest BCUT2D eigenvalue weighted by atomic mass is 16.6. The number of carbonyl (C=O) groups is 1. The Bertz CT molecular complexity index is 803. The van der Waals surface area contributed by atoms with Gasteiger partial charge in [-0.1, -0.05) is 6.07 Å². The molecule has 0 radical (unpaired) electrons. The molecule has 0 saturated carbocycles. The van der Waals surface area contributed by atoms with E-state index in [9.17, 15) is 4.79 Å². The summed E-state index contributed by atoms with van der Waals surface area (Å²) in [6.45, 7) is 1.38. The monoisotopic (exact) mass is 373 g/mol. The van der Waals surface area contributed by atoms with Crippen LogP contribution in [0, 0.1) is 0 Å². The summed E-state index contributed by atoms with van der Waals surface area (Å²) in [5.41, 5.74) is 1.50. The van der Waals surface area contributed by atoms with Crippen LogP contribution in [0.1, 0.15) is 15.9 Å². The van der Waals surface area contributed by atoms with Crippen LogP contribution >= 0.6 is 0 Å². The molecule has 0 atom stereocenters. The molecule has 1 heterocycles. The zero-order valence-corrected chi connectivity index (χ0v) is 15.7. The van der Waals surface area contributed by atoms with Crippen molar-refractivity contribution < 1.29 is 28.5 Å². The molecule has 1 N–H and O–H groups in total. The number of nitrogens with one attached hydrogen (secondary N) is 1. The molecular weight excluding hydrogens is 350 g/mol. The van der Waals surface area contributed by atoms with E-state index in [-0.39, 0.29) is 5.91 Å². The molecule has 1 amide bonds. The van der Waals surface area contributed by atoms with Crippen LogP contribution in [0.4, 0.5) is 0 Å². The van der Waals surface area contributed by atoms with E-state index >= 15 is 0 Å². The van der Waals surface area contributed by atoms with E-state index in [0.717, 1.165) is 5.56 Å². The van der Waals surface area contributed by atoms with Gasteiger partial charge in [-0.25, -0.2) is 0 Å². The lowest BCUT2D eigenvalue weighted by Gasteiger charge is -2.21. The molecule has 7 heteroatoms. The highest BCUT2D eigenvalue weighted by Crippen LogP contribution is 2.40. The second kappa shape index (κ2) is 8.53. The molecule has 2 aromatic carbocycles.